The van der Waals surface area contributed by atoms with Crippen molar-refractivity contribution in [2.45, 2.75) is 0 Å². The summed E-state index contributed by atoms with van der Waals surface area (Å²) in [6.45, 7) is 0. The first-order chi connectivity index (χ1) is 60.5. The lowest BCUT2D eigenvalue weighted by Gasteiger charge is -2.20. The molecule has 0 unspecified atom stereocenters. The number of thiophene rings is 2. The molecule has 0 amide bonds. The van der Waals surface area contributed by atoms with E-state index in [0.717, 1.165) is 180 Å². The third-order valence-electron chi connectivity index (χ3n) is 23.2. The van der Waals surface area contributed by atoms with Gasteiger partial charge < -0.3 is 0 Å². The average molecular weight is 1590 g/mol. The number of benzene rings is 18. The van der Waals surface area contributed by atoms with Gasteiger partial charge in [0.1, 0.15) is 0 Å². The lowest BCUT2D eigenvalue weighted by atomic mass is 9.83. The Hall–Kier alpha value is -15.6. The topological polar surface area (TPSA) is 77.3 Å². The summed E-state index contributed by atoms with van der Waals surface area (Å²) in [5, 5.41) is 4.44. The van der Waals surface area contributed by atoms with E-state index in [4.69, 9.17) is 29.9 Å². The van der Waals surface area contributed by atoms with E-state index in [-0.39, 0.29) is 0 Å². The minimum Gasteiger partial charge on any atom is -0.208 e. The summed E-state index contributed by atoms with van der Waals surface area (Å²) in [6, 6.07) is 157. The molecule has 22 aromatic rings. The van der Waals surface area contributed by atoms with E-state index in [1.807, 2.05) is 30.3 Å². The molecular weight excluding hydrogens is 1520 g/mol. The number of hydrogen-bond acceptors (Lipinski definition) is 8. The molecule has 0 N–H and O–H groups in total. The lowest BCUT2D eigenvalue weighted by molar-refractivity contribution is 1.08. The first-order valence-corrected chi connectivity index (χ1v) is 42.7. The van der Waals surface area contributed by atoms with Crippen LogP contribution in [0.5, 0.6) is 0 Å². The van der Waals surface area contributed by atoms with Crippen LogP contribution >= 0.6 is 22.7 Å². The van der Waals surface area contributed by atoms with Gasteiger partial charge in [-0.15, -0.1) is 22.7 Å². The average Bonchev–Trinajstić information content (AvgIpc) is 1.54. The normalized spacial score (nSPS) is 11.4. The van der Waals surface area contributed by atoms with Crippen LogP contribution in [0.25, 0.3) is 231 Å². The predicted molar refractivity (Wildman–Crippen MR) is 511 cm³/mol. The van der Waals surface area contributed by atoms with Crippen molar-refractivity contribution in [3.05, 3.63) is 437 Å². The SMILES string of the molecule is c1ccc(-c2cccc(-c3ccc(-c4ccc5sc6cccc(-c7nc(-c8ccccc8)nc(-c8cccc(-c9cc(-c%10ccccc%10)cc(-c%10c(-c%11ccccc%11)cccc%10-c%10ccc%11sc%12cccc(-c%13nc(-c%14ccccc%14)nc(-c%14ccccc%14-c%14ccccc%14)n%13)c%12c%11c%10)c9)c8-c8ccccc8)n7)c6c5c4)c(-c4ccccc4)c3)c2)cc1. The molecule has 0 aliphatic heterocycles. The Balaban J connectivity index is 0.709. The van der Waals surface area contributed by atoms with Crippen LogP contribution in [0.3, 0.4) is 0 Å². The molecule has 570 valence electrons. The summed E-state index contributed by atoms with van der Waals surface area (Å²) in [4.78, 5) is 33.0. The molecule has 0 aliphatic rings. The maximum Gasteiger partial charge on any atom is 0.164 e. The summed E-state index contributed by atoms with van der Waals surface area (Å²) >= 11 is 3.58. The van der Waals surface area contributed by atoms with Gasteiger partial charge in [0.25, 0.3) is 0 Å². The highest BCUT2D eigenvalue weighted by Gasteiger charge is 2.27. The standard InChI is InChI=1S/C114H72N6S2/c1-9-32-73(33-10-1)81-48-27-49-82(66-81)83-60-63-90(98(70-83)77-40-17-5-18-41-77)84-61-64-101-99(71-84)107-97(57-31-58-103(107)121-101)114-118-110(80-46-23-8-24-47-80)116-112(120-114)95-55-29-54-93(105(95)78-42-19-6-20-43-78)87-67-86(74-34-11-2-12-35-74)68-88(69-87)106-91(76-38-15-4-16-39-76)52-28-53-92(106)85-62-65-102-100(72-85)108-96(56-30-59-104(108)122-102)113-117-109(79-44-21-7-22-45-79)115-111(119-113)94-51-26-25-50-89(94)75-36-13-3-14-37-75/h1-72H. The number of fused-ring (bicyclic) bond motifs is 6. The Bertz CT molecular complexity index is 7710. The molecule has 0 saturated carbocycles. The van der Waals surface area contributed by atoms with Crippen molar-refractivity contribution in [3.8, 4) is 191 Å². The quantitative estimate of drug-likeness (QED) is 0.0904. The monoisotopic (exact) mass is 1590 g/mol. The van der Waals surface area contributed by atoms with E-state index in [1.165, 1.54) is 15.8 Å². The van der Waals surface area contributed by atoms with E-state index in [2.05, 4.69) is 406 Å². The van der Waals surface area contributed by atoms with E-state index >= 15 is 0 Å². The molecule has 0 atom stereocenters. The van der Waals surface area contributed by atoms with Crippen molar-refractivity contribution in [1.82, 2.24) is 29.9 Å². The summed E-state index contributed by atoms with van der Waals surface area (Å²) in [5.41, 5.74) is 29.7. The minimum atomic E-state index is 0.560. The van der Waals surface area contributed by atoms with Gasteiger partial charge >= 0.3 is 0 Å². The Morgan fingerprint density at radius 1 is 0.131 bits per heavy atom. The van der Waals surface area contributed by atoms with Gasteiger partial charge in [0.05, 0.1) is 0 Å². The molecule has 8 heteroatoms. The van der Waals surface area contributed by atoms with Gasteiger partial charge in [-0.05, 0) is 184 Å². The number of aromatic nitrogens is 6. The van der Waals surface area contributed by atoms with E-state index in [1.54, 1.807) is 22.7 Å². The van der Waals surface area contributed by atoms with Crippen LogP contribution < -0.4 is 0 Å². The van der Waals surface area contributed by atoms with Gasteiger partial charge in [-0.3, -0.25) is 0 Å². The summed E-state index contributed by atoms with van der Waals surface area (Å²) in [7, 11) is 0. The van der Waals surface area contributed by atoms with Crippen LogP contribution in [0.2, 0.25) is 0 Å². The van der Waals surface area contributed by atoms with Crippen LogP contribution in [0.1, 0.15) is 0 Å². The molecule has 0 fully saturated rings. The Kier molecular flexibility index (Phi) is 18.9. The van der Waals surface area contributed by atoms with Gasteiger partial charge in [0.15, 0.2) is 34.9 Å². The second-order valence-electron chi connectivity index (χ2n) is 30.7. The van der Waals surface area contributed by atoms with Crippen LogP contribution in [0, 0.1) is 0 Å². The molecule has 0 spiro atoms. The first-order valence-electron chi connectivity index (χ1n) is 41.1. The van der Waals surface area contributed by atoms with Crippen molar-refractivity contribution in [1.29, 1.82) is 0 Å². The van der Waals surface area contributed by atoms with Crippen LogP contribution in [0.4, 0.5) is 0 Å². The van der Waals surface area contributed by atoms with Gasteiger partial charge in [0, 0.05) is 79.3 Å². The predicted octanol–water partition coefficient (Wildman–Crippen LogP) is 31.1. The van der Waals surface area contributed by atoms with Gasteiger partial charge in [-0.1, -0.05) is 370 Å². The summed E-state index contributed by atoms with van der Waals surface area (Å²) < 4.78 is 4.63. The number of rotatable bonds is 17. The van der Waals surface area contributed by atoms with Crippen LogP contribution in [0.15, 0.2) is 437 Å². The highest BCUT2D eigenvalue weighted by Crippen LogP contribution is 2.51. The Labute approximate surface area is 715 Å². The molecule has 0 bridgehead atoms. The second-order valence-corrected chi connectivity index (χ2v) is 32.8. The molecular formula is C114H72N6S2. The van der Waals surface area contributed by atoms with E-state index < -0.39 is 0 Å². The fourth-order valence-electron chi connectivity index (χ4n) is 17.5. The van der Waals surface area contributed by atoms with Crippen molar-refractivity contribution in [3.63, 3.8) is 0 Å². The fourth-order valence-corrected chi connectivity index (χ4v) is 19.7. The first kappa shape index (κ1) is 72.8. The zero-order valence-corrected chi connectivity index (χ0v) is 67.7. The van der Waals surface area contributed by atoms with Gasteiger partial charge in [-0.2, -0.15) is 0 Å². The molecule has 4 heterocycles. The number of hydrogen-bond donors (Lipinski definition) is 0. The molecule has 6 nitrogen and oxygen atoms in total. The van der Waals surface area contributed by atoms with E-state index in [9.17, 15) is 0 Å². The Morgan fingerprint density at radius 2 is 0.426 bits per heavy atom. The summed E-state index contributed by atoms with van der Waals surface area (Å²) in [6.07, 6.45) is 0. The molecule has 0 aliphatic carbocycles. The highest BCUT2D eigenvalue weighted by molar-refractivity contribution is 7.26. The molecule has 18 aromatic carbocycles. The lowest BCUT2D eigenvalue weighted by Crippen LogP contribution is -2.02. The number of nitrogens with zero attached hydrogens (tertiary/aromatic N) is 6. The molecule has 122 heavy (non-hydrogen) atoms. The van der Waals surface area contributed by atoms with Crippen molar-refractivity contribution in [2.75, 3.05) is 0 Å². The molecule has 0 saturated heterocycles. The van der Waals surface area contributed by atoms with Crippen LogP contribution in [-0.4, -0.2) is 29.9 Å². The molecule has 22 rings (SSSR count). The maximum atomic E-state index is 5.75. The van der Waals surface area contributed by atoms with Crippen molar-refractivity contribution < 1.29 is 0 Å². The van der Waals surface area contributed by atoms with Crippen LogP contribution in [-0.2, 0) is 0 Å². The van der Waals surface area contributed by atoms with Crippen molar-refractivity contribution >= 4 is 63.0 Å². The van der Waals surface area contributed by atoms with E-state index in [0.29, 0.717) is 34.9 Å². The zero-order chi connectivity index (χ0) is 80.8. The minimum absolute atomic E-state index is 0.560. The molecule has 0 radical (unpaired) electrons. The fraction of sp³-hybridized carbons (Fsp3) is 0. The zero-order valence-electron chi connectivity index (χ0n) is 66.1. The summed E-state index contributed by atoms with van der Waals surface area (Å²) in [5.74, 6) is 3.54. The third-order valence-corrected chi connectivity index (χ3v) is 25.5. The van der Waals surface area contributed by atoms with Gasteiger partial charge in [-0.25, -0.2) is 29.9 Å². The highest BCUT2D eigenvalue weighted by atomic mass is 32.1. The van der Waals surface area contributed by atoms with Gasteiger partial charge in [0.2, 0.25) is 0 Å². The molecule has 4 aromatic heterocycles. The Morgan fingerprint density at radius 3 is 0.951 bits per heavy atom. The second kappa shape index (κ2) is 31.7. The van der Waals surface area contributed by atoms with Crippen molar-refractivity contribution in [2.24, 2.45) is 0 Å². The smallest absolute Gasteiger partial charge is 0.164 e. The largest absolute Gasteiger partial charge is 0.208 e. The maximum absolute atomic E-state index is 5.75. The third kappa shape index (κ3) is 13.8.